The first kappa shape index (κ1) is 22.3. The molecule has 1 aliphatic rings. The van der Waals surface area contributed by atoms with Gasteiger partial charge in [-0.3, -0.25) is 4.99 Å². The number of nitrogens with zero attached hydrogens (tertiary/aromatic N) is 1. The SMILES string of the molecule is CCN=C(NC(C)c1cc(OC)ccc1OC)NC1CC1c1ccccc1.I. The van der Waals surface area contributed by atoms with Crippen LogP contribution in [-0.4, -0.2) is 32.8 Å². The highest BCUT2D eigenvalue weighted by molar-refractivity contribution is 14.0. The van der Waals surface area contributed by atoms with Crippen molar-refractivity contribution in [3.63, 3.8) is 0 Å². The van der Waals surface area contributed by atoms with Gasteiger partial charge in [-0.15, -0.1) is 24.0 Å². The Bertz CT molecular complexity index is 783. The summed E-state index contributed by atoms with van der Waals surface area (Å²) in [6.45, 7) is 4.87. The van der Waals surface area contributed by atoms with Crippen LogP contribution in [0, 0.1) is 0 Å². The summed E-state index contributed by atoms with van der Waals surface area (Å²) in [6.07, 6.45) is 1.13. The maximum atomic E-state index is 5.52. The van der Waals surface area contributed by atoms with Gasteiger partial charge in [0.05, 0.1) is 20.3 Å². The molecule has 0 aliphatic heterocycles. The minimum Gasteiger partial charge on any atom is -0.497 e. The van der Waals surface area contributed by atoms with Crippen LogP contribution < -0.4 is 20.1 Å². The number of guanidine groups is 1. The number of methoxy groups -OCH3 is 2. The van der Waals surface area contributed by atoms with Gasteiger partial charge in [0, 0.05) is 24.1 Å². The van der Waals surface area contributed by atoms with Crippen LogP contribution in [0.4, 0.5) is 0 Å². The van der Waals surface area contributed by atoms with Crippen LogP contribution in [-0.2, 0) is 0 Å². The van der Waals surface area contributed by atoms with Crippen LogP contribution in [0.3, 0.4) is 0 Å². The number of aliphatic imine (C=N–C) groups is 1. The molecule has 0 spiro atoms. The standard InChI is InChI=1S/C22H29N3O2.HI/c1-5-23-22(25-20-14-19(20)16-9-7-6-8-10-16)24-15(2)18-13-17(26-3)11-12-21(18)27-4;/h6-13,15,19-20H,5,14H2,1-4H3,(H2,23,24,25);1H. The third-order valence-corrected chi connectivity index (χ3v) is 4.91. The van der Waals surface area contributed by atoms with E-state index in [1.165, 1.54) is 5.56 Å². The van der Waals surface area contributed by atoms with Gasteiger partial charge in [-0.2, -0.15) is 0 Å². The molecule has 28 heavy (non-hydrogen) atoms. The molecule has 0 aromatic heterocycles. The fraction of sp³-hybridized carbons (Fsp3) is 0.409. The zero-order valence-electron chi connectivity index (χ0n) is 16.9. The fourth-order valence-electron chi connectivity index (χ4n) is 3.35. The first-order chi connectivity index (χ1) is 13.2. The monoisotopic (exact) mass is 495 g/mol. The Morgan fingerprint density at radius 1 is 1.14 bits per heavy atom. The number of halogens is 1. The molecule has 6 heteroatoms. The van der Waals surface area contributed by atoms with Gasteiger partial charge in [0.15, 0.2) is 5.96 Å². The van der Waals surface area contributed by atoms with Crippen molar-refractivity contribution in [2.75, 3.05) is 20.8 Å². The molecule has 152 valence electrons. The Kier molecular flexibility index (Phi) is 8.41. The second kappa shape index (κ2) is 10.5. The number of nitrogens with one attached hydrogen (secondary N) is 2. The summed E-state index contributed by atoms with van der Waals surface area (Å²) in [5.41, 5.74) is 2.42. The highest BCUT2D eigenvalue weighted by atomic mass is 127. The number of hydrogen-bond donors (Lipinski definition) is 2. The second-order valence-corrected chi connectivity index (χ2v) is 6.80. The zero-order chi connectivity index (χ0) is 19.2. The van der Waals surface area contributed by atoms with E-state index in [4.69, 9.17) is 9.47 Å². The van der Waals surface area contributed by atoms with Crippen molar-refractivity contribution < 1.29 is 9.47 Å². The lowest BCUT2D eigenvalue weighted by atomic mass is 10.1. The molecule has 5 nitrogen and oxygen atoms in total. The van der Waals surface area contributed by atoms with Crippen molar-refractivity contribution in [1.82, 2.24) is 10.6 Å². The van der Waals surface area contributed by atoms with E-state index >= 15 is 0 Å². The van der Waals surface area contributed by atoms with Gasteiger partial charge >= 0.3 is 0 Å². The highest BCUT2D eigenvalue weighted by Gasteiger charge is 2.39. The minimum absolute atomic E-state index is 0. The van der Waals surface area contributed by atoms with E-state index in [1.807, 2.05) is 25.1 Å². The van der Waals surface area contributed by atoms with Gasteiger partial charge in [-0.1, -0.05) is 30.3 Å². The van der Waals surface area contributed by atoms with Crippen LogP contribution >= 0.6 is 24.0 Å². The average Bonchev–Trinajstić information content (AvgIpc) is 3.47. The summed E-state index contributed by atoms with van der Waals surface area (Å²) < 4.78 is 10.9. The van der Waals surface area contributed by atoms with Crippen molar-refractivity contribution in [3.05, 3.63) is 59.7 Å². The van der Waals surface area contributed by atoms with Crippen LogP contribution in [0.5, 0.6) is 11.5 Å². The van der Waals surface area contributed by atoms with E-state index < -0.39 is 0 Å². The predicted octanol–water partition coefficient (Wildman–Crippen LogP) is 4.49. The molecule has 2 aromatic carbocycles. The molecule has 2 aromatic rings. The Labute approximate surface area is 184 Å². The van der Waals surface area contributed by atoms with Crippen LogP contribution in [0.15, 0.2) is 53.5 Å². The molecule has 3 rings (SSSR count). The maximum absolute atomic E-state index is 5.52. The van der Waals surface area contributed by atoms with Crippen molar-refractivity contribution in [2.45, 2.75) is 38.3 Å². The molecule has 1 fully saturated rings. The van der Waals surface area contributed by atoms with Crippen LogP contribution in [0.2, 0.25) is 0 Å². The zero-order valence-corrected chi connectivity index (χ0v) is 19.3. The fourth-order valence-corrected chi connectivity index (χ4v) is 3.35. The average molecular weight is 495 g/mol. The van der Waals surface area contributed by atoms with E-state index in [1.54, 1.807) is 14.2 Å². The largest absolute Gasteiger partial charge is 0.497 e. The molecule has 1 aliphatic carbocycles. The summed E-state index contributed by atoms with van der Waals surface area (Å²) in [5, 5.41) is 7.08. The van der Waals surface area contributed by atoms with Gasteiger partial charge in [0.25, 0.3) is 0 Å². The van der Waals surface area contributed by atoms with Crippen LogP contribution in [0.1, 0.15) is 43.4 Å². The number of hydrogen-bond acceptors (Lipinski definition) is 3. The number of benzene rings is 2. The van der Waals surface area contributed by atoms with Gasteiger partial charge in [0.1, 0.15) is 11.5 Å². The Morgan fingerprint density at radius 3 is 2.54 bits per heavy atom. The molecule has 0 saturated heterocycles. The van der Waals surface area contributed by atoms with E-state index in [0.29, 0.717) is 12.0 Å². The molecule has 1 saturated carbocycles. The highest BCUT2D eigenvalue weighted by Crippen LogP contribution is 2.40. The molecular formula is C22H30IN3O2. The molecule has 0 radical (unpaired) electrons. The van der Waals surface area contributed by atoms with Crippen molar-refractivity contribution in [2.24, 2.45) is 4.99 Å². The Balaban J connectivity index is 0.00000280. The summed E-state index contributed by atoms with van der Waals surface area (Å²) in [6, 6.07) is 16.9. The van der Waals surface area contributed by atoms with Gasteiger partial charge in [0.2, 0.25) is 0 Å². The first-order valence-corrected chi connectivity index (χ1v) is 9.50. The van der Waals surface area contributed by atoms with E-state index in [2.05, 4.69) is 52.9 Å². The smallest absolute Gasteiger partial charge is 0.191 e. The van der Waals surface area contributed by atoms with Gasteiger partial charge in [-0.25, -0.2) is 0 Å². The molecule has 0 heterocycles. The number of ether oxygens (including phenoxy) is 2. The normalized spacial score (nSPS) is 19.2. The molecule has 0 amide bonds. The summed E-state index contributed by atoms with van der Waals surface area (Å²) in [5.74, 6) is 3.03. The topological polar surface area (TPSA) is 54.9 Å². The third kappa shape index (κ3) is 5.53. The van der Waals surface area contributed by atoms with E-state index in [-0.39, 0.29) is 30.0 Å². The van der Waals surface area contributed by atoms with Crippen molar-refractivity contribution >= 4 is 29.9 Å². The minimum atomic E-state index is 0. The number of rotatable bonds is 7. The quantitative estimate of drug-likeness (QED) is 0.338. The van der Waals surface area contributed by atoms with Gasteiger partial charge in [-0.05, 0) is 44.0 Å². The lowest BCUT2D eigenvalue weighted by Gasteiger charge is -2.21. The third-order valence-electron chi connectivity index (χ3n) is 4.91. The maximum Gasteiger partial charge on any atom is 0.191 e. The van der Waals surface area contributed by atoms with E-state index in [0.717, 1.165) is 36.0 Å². The molecule has 3 unspecified atom stereocenters. The Morgan fingerprint density at radius 2 is 1.89 bits per heavy atom. The molecular weight excluding hydrogens is 465 g/mol. The summed E-state index contributed by atoms with van der Waals surface area (Å²) in [4.78, 5) is 4.62. The summed E-state index contributed by atoms with van der Waals surface area (Å²) >= 11 is 0. The first-order valence-electron chi connectivity index (χ1n) is 9.50. The lowest BCUT2D eigenvalue weighted by molar-refractivity contribution is 0.394. The van der Waals surface area contributed by atoms with E-state index in [9.17, 15) is 0 Å². The molecule has 2 N–H and O–H groups in total. The molecule has 3 atom stereocenters. The summed E-state index contributed by atoms with van der Waals surface area (Å²) in [7, 11) is 3.36. The van der Waals surface area contributed by atoms with Crippen molar-refractivity contribution in [3.8, 4) is 11.5 Å². The van der Waals surface area contributed by atoms with Crippen LogP contribution in [0.25, 0.3) is 0 Å². The predicted molar refractivity (Wildman–Crippen MR) is 125 cm³/mol. The van der Waals surface area contributed by atoms with Gasteiger partial charge < -0.3 is 20.1 Å². The second-order valence-electron chi connectivity index (χ2n) is 6.80. The Hall–Kier alpha value is -1.96. The lowest BCUT2D eigenvalue weighted by Crippen LogP contribution is -2.40. The van der Waals surface area contributed by atoms with Crippen molar-refractivity contribution in [1.29, 1.82) is 0 Å². The molecule has 0 bridgehead atoms.